The molecule has 98 valence electrons. The topological polar surface area (TPSA) is 58.1 Å². The fourth-order valence-corrected chi connectivity index (χ4v) is 2.92. The van der Waals surface area contributed by atoms with Crippen molar-refractivity contribution in [3.05, 3.63) is 18.1 Å². The zero-order chi connectivity index (χ0) is 13.0. The molecule has 0 spiro atoms. The van der Waals surface area contributed by atoms with Gasteiger partial charge >= 0.3 is 0 Å². The van der Waals surface area contributed by atoms with Gasteiger partial charge in [-0.05, 0) is 13.8 Å². The monoisotopic (exact) mass is 266 g/mol. The van der Waals surface area contributed by atoms with E-state index in [1.165, 1.54) is 6.20 Å². The van der Waals surface area contributed by atoms with Gasteiger partial charge in [-0.1, -0.05) is 0 Å². The number of hydrogen-bond donors (Lipinski definition) is 1. The second-order valence-electron chi connectivity index (χ2n) is 4.24. The lowest BCUT2D eigenvalue weighted by atomic mass is 10.2. The first-order valence-electron chi connectivity index (χ1n) is 6.17. The van der Waals surface area contributed by atoms with E-state index < -0.39 is 0 Å². The Balaban J connectivity index is 2.14. The zero-order valence-electron chi connectivity index (χ0n) is 10.7. The van der Waals surface area contributed by atoms with Crippen LogP contribution in [0.5, 0.6) is 0 Å². The number of nitrogens with zero attached hydrogens (tertiary/aromatic N) is 3. The molecule has 1 unspecified atom stereocenters. The summed E-state index contributed by atoms with van der Waals surface area (Å²) in [5.74, 6) is 2.63. The van der Waals surface area contributed by atoms with E-state index in [4.69, 9.17) is 0 Å². The number of hydrogen-bond acceptors (Lipinski definition) is 5. The predicted molar refractivity (Wildman–Crippen MR) is 74.0 cm³/mol. The van der Waals surface area contributed by atoms with Crippen molar-refractivity contribution in [1.29, 1.82) is 0 Å². The van der Waals surface area contributed by atoms with Gasteiger partial charge in [0, 0.05) is 30.6 Å². The summed E-state index contributed by atoms with van der Waals surface area (Å²) in [5.41, 5.74) is 0.423. The highest BCUT2D eigenvalue weighted by molar-refractivity contribution is 7.99. The molecule has 1 amide bonds. The lowest BCUT2D eigenvalue weighted by Gasteiger charge is -2.32. The quantitative estimate of drug-likeness (QED) is 0.898. The molecule has 2 rings (SSSR count). The van der Waals surface area contributed by atoms with Crippen LogP contribution in [-0.4, -0.2) is 51.4 Å². The van der Waals surface area contributed by atoms with Gasteiger partial charge in [-0.3, -0.25) is 9.78 Å². The first kappa shape index (κ1) is 13.1. The van der Waals surface area contributed by atoms with Crippen molar-refractivity contribution >= 4 is 23.5 Å². The van der Waals surface area contributed by atoms with Crippen LogP contribution in [0.1, 0.15) is 24.3 Å². The van der Waals surface area contributed by atoms with Crippen LogP contribution < -0.4 is 5.32 Å². The first-order chi connectivity index (χ1) is 8.72. The molecule has 1 fully saturated rings. The number of anilines is 1. The maximum absolute atomic E-state index is 12.4. The van der Waals surface area contributed by atoms with Gasteiger partial charge in [0.05, 0.1) is 12.4 Å². The highest BCUT2D eigenvalue weighted by atomic mass is 32.2. The molecule has 0 radical (unpaired) electrons. The molecule has 1 saturated heterocycles. The molecule has 1 aliphatic rings. The minimum absolute atomic E-state index is 0.0185. The average Bonchev–Trinajstić information content (AvgIpc) is 2.39. The minimum Gasteiger partial charge on any atom is -0.369 e. The van der Waals surface area contributed by atoms with Crippen LogP contribution in [0.4, 0.5) is 5.82 Å². The number of rotatable bonds is 3. The Labute approximate surface area is 111 Å². The molecule has 0 aromatic carbocycles. The van der Waals surface area contributed by atoms with E-state index >= 15 is 0 Å². The number of aromatic nitrogens is 2. The summed E-state index contributed by atoms with van der Waals surface area (Å²) in [4.78, 5) is 22.6. The summed E-state index contributed by atoms with van der Waals surface area (Å²) in [6.45, 7) is 5.62. The highest BCUT2D eigenvalue weighted by Gasteiger charge is 2.25. The fourth-order valence-electron chi connectivity index (χ4n) is 1.91. The molecule has 1 atom stereocenters. The molecular formula is C12H18N4OS. The van der Waals surface area contributed by atoms with Crippen molar-refractivity contribution in [2.75, 3.05) is 29.9 Å². The van der Waals surface area contributed by atoms with Gasteiger partial charge in [0.2, 0.25) is 0 Å². The van der Waals surface area contributed by atoms with Crippen LogP contribution in [0.15, 0.2) is 12.4 Å². The second kappa shape index (κ2) is 6.04. The van der Waals surface area contributed by atoms with E-state index in [-0.39, 0.29) is 11.9 Å². The zero-order valence-corrected chi connectivity index (χ0v) is 11.5. The van der Waals surface area contributed by atoms with Crippen molar-refractivity contribution in [3.8, 4) is 0 Å². The molecule has 2 heterocycles. The molecule has 0 aliphatic carbocycles. The summed E-state index contributed by atoms with van der Waals surface area (Å²) in [6, 6.07) is 0.265. The Morgan fingerprint density at radius 2 is 2.44 bits per heavy atom. The average molecular weight is 266 g/mol. The molecule has 1 N–H and O–H groups in total. The summed E-state index contributed by atoms with van der Waals surface area (Å²) in [5, 5.41) is 3.07. The van der Waals surface area contributed by atoms with Gasteiger partial charge in [0.15, 0.2) is 0 Å². The lowest BCUT2D eigenvalue weighted by Crippen LogP contribution is -2.44. The van der Waals surface area contributed by atoms with Crippen molar-refractivity contribution in [1.82, 2.24) is 14.9 Å². The summed E-state index contributed by atoms with van der Waals surface area (Å²) >= 11 is 1.89. The third-order valence-electron chi connectivity index (χ3n) is 2.84. The molecule has 6 heteroatoms. The normalized spacial score (nSPS) is 19.7. The number of amides is 1. The molecule has 1 aromatic rings. The van der Waals surface area contributed by atoms with E-state index in [1.807, 2.05) is 23.6 Å². The summed E-state index contributed by atoms with van der Waals surface area (Å²) in [7, 11) is 0. The Bertz CT molecular complexity index is 426. The Morgan fingerprint density at radius 1 is 1.61 bits per heavy atom. The van der Waals surface area contributed by atoms with Gasteiger partial charge in [0.1, 0.15) is 11.5 Å². The molecular weight excluding hydrogens is 248 g/mol. The molecule has 0 saturated carbocycles. The maximum atomic E-state index is 12.4. The van der Waals surface area contributed by atoms with Crippen molar-refractivity contribution in [2.24, 2.45) is 0 Å². The van der Waals surface area contributed by atoms with Gasteiger partial charge in [-0.25, -0.2) is 4.98 Å². The number of carbonyl (C=O) groups excluding carboxylic acids is 1. The molecule has 1 aliphatic heterocycles. The standard InChI is InChI=1S/C12H18N4OS/c1-3-14-11-7-13-6-10(15-11)12(17)16-4-5-18-8-9(16)2/h6-7,9H,3-5,8H2,1-2H3,(H,14,15). The second-order valence-corrected chi connectivity index (χ2v) is 5.39. The van der Waals surface area contributed by atoms with Crippen LogP contribution in [0, 0.1) is 0 Å². The first-order valence-corrected chi connectivity index (χ1v) is 7.32. The number of nitrogens with one attached hydrogen (secondary N) is 1. The van der Waals surface area contributed by atoms with Crippen LogP contribution in [0.2, 0.25) is 0 Å². The van der Waals surface area contributed by atoms with E-state index in [0.717, 1.165) is 24.6 Å². The Morgan fingerprint density at radius 3 is 3.17 bits per heavy atom. The molecule has 5 nitrogen and oxygen atoms in total. The SMILES string of the molecule is CCNc1cncc(C(=O)N2CCSCC2C)n1. The van der Waals surface area contributed by atoms with Gasteiger partial charge < -0.3 is 10.2 Å². The van der Waals surface area contributed by atoms with Gasteiger partial charge in [-0.2, -0.15) is 11.8 Å². The highest BCUT2D eigenvalue weighted by Crippen LogP contribution is 2.18. The van der Waals surface area contributed by atoms with Crippen LogP contribution >= 0.6 is 11.8 Å². The fraction of sp³-hybridized carbons (Fsp3) is 0.583. The predicted octanol–water partition coefficient (Wildman–Crippen LogP) is 1.49. The van der Waals surface area contributed by atoms with Crippen LogP contribution in [-0.2, 0) is 0 Å². The molecule has 18 heavy (non-hydrogen) atoms. The van der Waals surface area contributed by atoms with E-state index in [2.05, 4.69) is 22.2 Å². The maximum Gasteiger partial charge on any atom is 0.274 e. The Kier molecular flexibility index (Phi) is 4.41. The van der Waals surface area contributed by atoms with Crippen molar-refractivity contribution < 1.29 is 4.79 Å². The van der Waals surface area contributed by atoms with E-state index in [1.54, 1.807) is 6.20 Å². The van der Waals surface area contributed by atoms with Gasteiger partial charge in [-0.15, -0.1) is 0 Å². The van der Waals surface area contributed by atoms with Crippen molar-refractivity contribution in [3.63, 3.8) is 0 Å². The third-order valence-corrected chi connectivity index (χ3v) is 4.03. The van der Waals surface area contributed by atoms with Gasteiger partial charge in [0.25, 0.3) is 5.91 Å². The van der Waals surface area contributed by atoms with Crippen LogP contribution in [0.3, 0.4) is 0 Å². The van der Waals surface area contributed by atoms with E-state index in [0.29, 0.717) is 11.5 Å². The number of thioether (sulfide) groups is 1. The lowest BCUT2D eigenvalue weighted by molar-refractivity contribution is 0.0709. The third kappa shape index (κ3) is 2.93. The number of carbonyl (C=O) groups is 1. The Hall–Kier alpha value is -1.30. The largest absolute Gasteiger partial charge is 0.369 e. The summed E-state index contributed by atoms with van der Waals surface area (Å²) < 4.78 is 0. The molecule has 0 bridgehead atoms. The molecule has 1 aromatic heterocycles. The minimum atomic E-state index is -0.0185. The smallest absolute Gasteiger partial charge is 0.274 e. The summed E-state index contributed by atoms with van der Waals surface area (Å²) in [6.07, 6.45) is 3.17. The van der Waals surface area contributed by atoms with Crippen LogP contribution in [0.25, 0.3) is 0 Å². The van der Waals surface area contributed by atoms with E-state index in [9.17, 15) is 4.79 Å². The van der Waals surface area contributed by atoms with Crippen molar-refractivity contribution in [2.45, 2.75) is 19.9 Å².